The Morgan fingerprint density at radius 2 is 1.81 bits per heavy atom. The summed E-state index contributed by atoms with van der Waals surface area (Å²) in [4.78, 5) is 18.2. The molecule has 2 aromatic carbocycles. The molecule has 0 radical (unpaired) electrons. The third-order valence-electron chi connectivity index (χ3n) is 4.69. The van der Waals surface area contributed by atoms with Crippen LogP contribution in [0, 0.1) is 6.92 Å². The maximum Gasteiger partial charge on any atom is 0.225 e. The summed E-state index contributed by atoms with van der Waals surface area (Å²) in [6, 6.07) is 16.5. The van der Waals surface area contributed by atoms with E-state index in [2.05, 4.69) is 53.4 Å². The van der Waals surface area contributed by atoms with Gasteiger partial charge in [0.05, 0.1) is 0 Å². The van der Waals surface area contributed by atoms with Gasteiger partial charge in [0, 0.05) is 54.6 Å². The number of anilines is 2. The van der Waals surface area contributed by atoms with Crippen LogP contribution in [0.1, 0.15) is 12.0 Å². The number of amides is 1. The Kier molecular flexibility index (Phi) is 6.58. The molecule has 26 heavy (non-hydrogen) atoms. The summed E-state index contributed by atoms with van der Waals surface area (Å²) in [5, 5.41) is 3.05. The maximum atomic E-state index is 12.2. The summed E-state index contributed by atoms with van der Waals surface area (Å²) in [6.07, 6.45) is 0.513. The smallest absolute Gasteiger partial charge is 0.225 e. The summed E-state index contributed by atoms with van der Waals surface area (Å²) in [7, 11) is 2.16. The first-order chi connectivity index (χ1) is 12.6. The standard InChI is InChI=1S/C21H27N3OS/c1-17-16-18(24-13-11-23(2)12-14-24)8-9-20(17)22-21(25)10-15-26-19-6-4-3-5-7-19/h3-9,16H,10-15H2,1-2H3,(H,22,25). The van der Waals surface area contributed by atoms with Crippen molar-refractivity contribution in [2.75, 3.05) is 49.2 Å². The Hall–Kier alpha value is -1.98. The van der Waals surface area contributed by atoms with Crippen LogP contribution in [-0.4, -0.2) is 49.8 Å². The number of carbonyl (C=O) groups excluding carboxylic acids is 1. The third kappa shape index (κ3) is 5.26. The van der Waals surface area contributed by atoms with E-state index in [9.17, 15) is 4.79 Å². The number of carbonyl (C=O) groups is 1. The van der Waals surface area contributed by atoms with E-state index >= 15 is 0 Å². The van der Waals surface area contributed by atoms with Crippen molar-refractivity contribution in [2.45, 2.75) is 18.2 Å². The van der Waals surface area contributed by atoms with Crippen molar-refractivity contribution in [2.24, 2.45) is 0 Å². The number of piperazine rings is 1. The quantitative estimate of drug-likeness (QED) is 0.784. The van der Waals surface area contributed by atoms with Crippen molar-refractivity contribution < 1.29 is 4.79 Å². The normalized spacial score (nSPS) is 15.1. The molecule has 1 aliphatic heterocycles. The Morgan fingerprint density at radius 1 is 1.08 bits per heavy atom. The highest BCUT2D eigenvalue weighted by Crippen LogP contribution is 2.24. The van der Waals surface area contributed by atoms with Gasteiger partial charge < -0.3 is 15.1 Å². The van der Waals surface area contributed by atoms with E-state index in [1.165, 1.54) is 10.6 Å². The predicted octanol–water partition coefficient (Wildman–Crippen LogP) is 3.87. The average Bonchev–Trinajstić information content (AvgIpc) is 2.65. The lowest BCUT2D eigenvalue weighted by Gasteiger charge is -2.34. The van der Waals surface area contributed by atoms with Crippen LogP contribution in [0.4, 0.5) is 11.4 Å². The van der Waals surface area contributed by atoms with Gasteiger partial charge in [-0.1, -0.05) is 18.2 Å². The molecule has 1 saturated heterocycles. The number of aryl methyl sites for hydroxylation is 1. The van der Waals surface area contributed by atoms with Crippen LogP contribution in [-0.2, 0) is 4.79 Å². The topological polar surface area (TPSA) is 35.6 Å². The number of likely N-dealkylation sites (N-methyl/N-ethyl adjacent to an activating group) is 1. The first-order valence-corrected chi connectivity index (χ1v) is 10.1. The van der Waals surface area contributed by atoms with Crippen LogP contribution in [0.25, 0.3) is 0 Å². The van der Waals surface area contributed by atoms with E-state index in [0.717, 1.165) is 43.2 Å². The minimum Gasteiger partial charge on any atom is -0.369 e. The highest BCUT2D eigenvalue weighted by Gasteiger charge is 2.15. The first-order valence-electron chi connectivity index (χ1n) is 9.13. The molecule has 138 valence electrons. The average molecular weight is 370 g/mol. The van der Waals surface area contributed by atoms with Crippen molar-refractivity contribution >= 4 is 29.0 Å². The fourth-order valence-electron chi connectivity index (χ4n) is 3.04. The summed E-state index contributed by atoms with van der Waals surface area (Å²) in [6.45, 7) is 6.36. The zero-order valence-electron chi connectivity index (χ0n) is 15.6. The third-order valence-corrected chi connectivity index (χ3v) is 5.71. The van der Waals surface area contributed by atoms with E-state index in [0.29, 0.717) is 6.42 Å². The number of nitrogens with zero attached hydrogens (tertiary/aromatic N) is 2. The predicted molar refractivity (Wildman–Crippen MR) is 111 cm³/mol. The molecule has 1 amide bonds. The van der Waals surface area contributed by atoms with Crippen molar-refractivity contribution in [3.8, 4) is 0 Å². The Morgan fingerprint density at radius 3 is 2.50 bits per heavy atom. The monoisotopic (exact) mass is 369 g/mol. The van der Waals surface area contributed by atoms with Crippen molar-refractivity contribution in [1.29, 1.82) is 0 Å². The fraction of sp³-hybridized carbons (Fsp3) is 0.381. The van der Waals surface area contributed by atoms with Gasteiger partial charge in [0.1, 0.15) is 0 Å². The number of rotatable bonds is 6. The van der Waals surface area contributed by atoms with Crippen LogP contribution in [0.3, 0.4) is 0 Å². The molecule has 0 unspecified atom stereocenters. The molecule has 1 fully saturated rings. The molecule has 2 aromatic rings. The van der Waals surface area contributed by atoms with E-state index in [4.69, 9.17) is 0 Å². The van der Waals surface area contributed by atoms with Crippen molar-refractivity contribution in [3.63, 3.8) is 0 Å². The summed E-state index contributed by atoms with van der Waals surface area (Å²) < 4.78 is 0. The van der Waals surface area contributed by atoms with Gasteiger partial charge in [-0.3, -0.25) is 4.79 Å². The molecular formula is C21H27N3OS. The van der Waals surface area contributed by atoms with Gasteiger partial charge in [-0.15, -0.1) is 11.8 Å². The molecule has 0 spiro atoms. The SMILES string of the molecule is Cc1cc(N2CCN(C)CC2)ccc1NC(=O)CCSc1ccccc1. The van der Waals surface area contributed by atoms with Gasteiger partial charge in [-0.2, -0.15) is 0 Å². The van der Waals surface area contributed by atoms with Crippen LogP contribution in [0.5, 0.6) is 0 Å². The lowest BCUT2D eigenvalue weighted by molar-refractivity contribution is -0.115. The molecule has 1 N–H and O–H groups in total. The maximum absolute atomic E-state index is 12.2. The summed E-state index contributed by atoms with van der Waals surface area (Å²) >= 11 is 1.71. The molecule has 1 heterocycles. The van der Waals surface area contributed by atoms with Gasteiger partial charge in [0.15, 0.2) is 0 Å². The van der Waals surface area contributed by atoms with Crippen molar-refractivity contribution in [3.05, 3.63) is 54.1 Å². The first kappa shape index (κ1) is 18.8. The summed E-state index contributed by atoms with van der Waals surface area (Å²) in [5.41, 5.74) is 3.27. The van der Waals surface area contributed by atoms with Crippen LogP contribution >= 0.6 is 11.8 Å². The highest BCUT2D eigenvalue weighted by atomic mass is 32.2. The Bertz CT molecular complexity index is 727. The molecule has 0 aliphatic carbocycles. The van der Waals surface area contributed by atoms with Gasteiger partial charge in [0.25, 0.3) is 0 Å². The zero-order valence-corrected chi connectivity index (χ0v) is 16.4. The van der Waals surface area contributed by atoms with Crippen molar-refractivity contribution in [1.82, 2.24) is 4.90 Å². The number of nitrogens with one attached hydrogen (secondary N) is 1. The van der Waals surface area contributed by atoms with E-state index in [1.807, 2.05) is 24.3 Å². The molecule has 4 nitrogen and oxygen atoms in total. The second-order valence-corrected chi connectivity index (χ2v) is 7.92. The van der Waals surface area contributed by atoms with Crippen LogP contribution < -0.4 is 10.2 Å². The minimum atomic E-state index is 0.0730. The lowest BCUT2D eigenvalue weighted by atomic mass is 10.1. The largest absolute Gasteiger partial charge is 0.369 e. The van der Waals surface area contributed by atoms with E-state index < -0.39 is 0 Å². The number of thioether (sulfide) groups is 1. The lowest BCUT2D eigenvalue weighted by Crippen LogP contribution is -2.44. The Labute approximate surface area is 160 Å². The molecular weight excluding hydrogens is 342 g/mol. The molecule has 0 saturated carbocycles. The van der Waals surface area contributed by atoms with Gasteiger partial charge in [0.2, 0.25) is 5.91 Å². The van der Waals surface area contributed by atoms with Gasteiger partial charge in [-0.05, 0) is 49.9 Å². The minimum absolute atomic E-state index is 0.0730. The highest BCUT2D eigenvalue weighted by molar-refractivity contribution is 7.99. The van der Waals surface area contributed by atoms with Crippen LogP contribution in [0.15, 0.2) is 53.4 Å². The molecule has 1 aliphatic rings. The van der Waals surface area contributed by atoms with Crippen LogP contribution in [0.2, 0.25) is 0 Å². The van der Waals surface area contributed by atoms with E-state index in [-0.39, 0.29) is 5.91 Å². The second kappa shape index (κ2) is 9.10. The molecule has 5 heteroatoms. The zero-order chi connectivity index (χ0) is 18.4. The van der Waals surface area contributed by atoms with Gasteiger partial charge >= 0.3 is 0 Å². The molecule has 0 bridgehead atoms. The number of hydrogen-bond donors (Lipinski definition) is 1. The number of hydrogen-bond acceptors (Lipinski definition) is 4. The molecule has 0 aromatic heterocycles. The van der Waals surface area contributed by atoms with E-state index in [1.54, 1.807) is 11.8 Å². The number of benzene rings is 2. The fourth-order valence-corrected chi connectivity index (χ4v) is 3.91. The van der Waals surface area contributed by atoms with Gasteiger partial charge in [-0.25, -0.2) is 0 Å². The Balaban J connectivity index is 1.50. The molecule has 3 rings (SSSR count). The molecule has 0 atom stereocenters. The summed E-state index contributed by atoms with van der Waals surface area (Å²) in [5.74, 6) is 0.859. The second-order valence-electron chi connectivity index (χ2n) is 6.75.